The number of aliphatic carboxylic acids is 1. The van der Waals surface area contributed by atoms with Crippen LogP contribution in [-0.4, -0.2) is 43.5 Å². The molecule has 0 saturated carbocycles. The van der Waals surface area contributed by atoms with Gasteiger partial charge in [-0.25, -0.2) is 10.2 Å². The summed E-state index contributed by atoms with van der Waals surface area (Å²) in [6.45, 7) is 1.96. The Balaban J connectivity index is 2.05. The Labute approximate surface area is 175 Å². The minimum absolute atomic E-state index is 0.334. The van der Waals surface area contributed by atoms with Gasteiger partial charge in [0.25, 0.3) is 5.91 Å². The van der Waals surface area contributed by atoms with Gasteiger partial charge in [-0.05, 0) is 71.5 Å². The lowest BCUT2D eigenvalue weighted by Crippen LogP contribution is -2.17. The molecule has 0 fully saturated rings. The van der Waals surface area contributed by atoms with Gasteiger partial charge in [0.15, 0.2) is 18.1 Å². The molecule has 0 unspecified atom stereocenters. The SMILES string of the molecule is CCOc1ccc(C(=O)N/N=C/c2cc(I)c(OCC(=O)O)c(OC)c2)cc1. The summed E-state index contributed by atoms with van der Waals surface area (Å²) in [5.74, 6) is -0.0502. The van der Waals surface area contributed by atoms with Gasteiger partial charge < -0.3 is 19.3 Å². The molecule has 0 bridgehead atoms. The summed E-state index contributed by atoms with van der Waals surface area (Å²) in [4.78, 5) is 22.8. The molecule has 2 aromatic rings. The molecule has 148 valence electrons. The number of amides is 1. The predicted octanol–water partition coefficient (Wildman–Crippen LogP) is 2.93. The highest BCUT2D eigenvalue weighted by Crippen LogP contribution is 2.33. The van der Waals surface area contributed by atoms with Gasteiger partial charge in [-0.2, -0.15) is 5.10 Å². The monoisotopic (exact) mass is 498 g/mol. The molecule has 0 aliphatic carbocycles. The van der Waals surface area contributed by atoms with Crippen molar-refractivity contribution in [1.29, 1.82) is 0 Å². The first kappa shape index (κ1) is 21.5. The summed E-state index contributed by atoms with van der Waals surface area (Å²) >= 11 is 2.01. The second kappa shape index (κ2) is 10.5. The first-order valence-electron chi connectivity index (χ1n) is 8.23. The maximum Gasteiger partial charge on any atom is 0.341 e. The van der Waals surface area contributed by atoms with Gasteiger partial charge >= 0.3 is 5.97 Å². The Hall–Kier alpha value is -2.82. The van der Waals surface area contributed by atoms with Crippen LogP contribution < -0.4 is 19.6 Å². The number of carbonyl (C=O) groups is 2. The van der Waals surface area contributed by atoms with E-state index in [0.717, 1.165) is 0 Å². The molecule has 0 heterocycles. The fourth-order valence-corrected chi connectivity index (χ4v) is 2.97. The van der Waals surface area contributed by atoms with Crippen molar-refractivity contribution in [3.05, 3.63) is 51.1 Å². The number of benzene rings is 2. The molecule has 28 heavy (non-hydrogen) atoms. The van der Waals surface area contributed by atoms with Crippen LogP contribution in [0.15, 0.2) is 41.5 Å². The molecule has 0 aromatic heterocycles. The van der Waals surface area contributed by atoms with Gasteiger partial charge in [0, 0.05) is 5.56 Å². The molecule has 2 N–H and O–H groups in total. The van der Waals surface area contributed by atoms with Gasteiger partial charge in [0.2, 0.25) is 0 Å². The topological polar surface area (TPSA) is 106 Å². The second-order valence-corrected chi connectivity index (χ2v) is 6.54. The van der Waals surface area contributed by atoms with E-state index in [1.807, 2.05) is 29.5 Å². The van der Waals surface area contributed by atoms with Crippen LogP contribution in [0.5, 0.6) is 17.2 Å². The minimum atomic E-state index is -1.08. The fraction of sp³-hybridized carbons (Fsp3) is 0.211. The van der Waals surface area contributed by atoms with Crippen molar-refractivity contribution >= 4 is 40.7 Å². The van der Waals surface area contributed by atoms with Crippen LogP contribution in [0.2, 0.25) is 0 Å². The molecule has 1 amide bonds. The number of methoxy groups -OCH3 is 1. The van der Waals surface area contributed by atoms with E-state index in [-0.39, 0.29) is 5.91 Å². The van der Waals surface area contributed by atoms with E-state index in [4.69, 9.17) is 19.3 Å². The normalized spacial score (nSPS) is 10.5. The number of halogens is 1. The molecule has 0 aliphatic rings. The van der Waals surface area contributed by atoms with Crippen molar-refractivity contribution < 1.29 is 28.9 Å². The van der Waals surface area contributed by atoms with Crippen molar-refractivity contribution in [2.24, 2.45) is 5.10 Å². The zero-order valence-electron chi connectivity index (χ0n) is 15.3. The quantitative estimate of drug-likeness (QED) is 0.313. The Kier molecular flexibility index (Phi) is 8.05. The van der Waals surface area contributed by atoms with Crippen LogP contribution in [0.3, 0.4) is 0 Å². The Morgan fingerprint density at radius 1 is 1.21 bits per heavy atom. The average Bonchev–Trinajstić information content (AvgIpc) is 2.67. The second-order valence-electron chi connectivity index (χ2n) is 5.37. The van der Waals surface area contributed by atoms with E-state index in [9.17, 15) is 9.59 Å². The fourth-order valence-electron chi connectivity index (χ4n) is 2.19. The lowest BCUT2D eigenvalue weighted by molar-refractivity contribution is -0.139. The first-order chi connectivity index (χ1) is 13.4. The number of hydrogen-bond donors (Lipinski definition) is 2. The zero-order chi connectivity index (χ0) is 20.5. The van der Waals surface area contributed by atoms with Crippen LogP contribution in [0, 0.1) is 3.57 Å². The molecule has 0 spiro atoms. The van der Waals surface area contributed by atoms with Gasteiger partial charge in [0.1, 0.15) is 5.75 Å². The molecule has 9 heteroatoms. The van der Waals surface area contributed by atoms with E-state index >= 15 is 0 Å². The summed E-state index contributed by atoms with van der Waals surface area (Å²) in [5, 5.41) is 12.7. The summed E-state index contributed by atoms with van der Waals surface area (Å²) in [7, 11) is 1.45. The summed E-state index contributed by atoms with van der Waals surface area (Å²) in [6, 6.07) is 10.1. The summed E-state index contributed by atoms with van der Waals surface area (Å²) in [5.41, 5.74) is 3.55. The third-order valence-electron chi connectivity index (χ3n) is 3.40. The number of hydrazone groups is 1. The van der Waals surface area contributed by atoms with Gasteiger partial charge in [-0.3, -0.25) is 4.79 Å². The van der Waals surface area contributed by atoms with E-state index in [1.165, 1.54) is 13.3 Å². The Morgan fingerprint density at radius 2 is 1.93 bits per heavy atom. The number of nitrogens with one attached hydrogen (secondary N) is 1. The molecular formula is C19H19IN2O6. The smallest absolute Gasteiger partial charge is 0.341 e. The number of carboxylic acids is 1. The highest BCUT2D eigenvalue weighted by molar-refractivity contribution is 14.1. The largest absolute Gasteiger partial charge is 0.494 e. The number of nitrogens with zero attached hydrogens (tertiary/aromatic N) is 1. The molecule has 0 aliphatic heterocycles. The number of carboxylic acid groups (broad SMARTS) is 1. The van der Waals surface area contributed by atoms with E-state index in [0.29, 0.717) is 38.6 Å². The molecule has 8 nitrogen and oxygen atoms in total. The number of ether oxygens (including phenoxy) is 3. The van der Waals surface area contributed by atoms with Crippen LogP contribution in [0.25, 0.3) is 0 Å². The maximum atomic E-state index is 12.1. The van der Waals surface area contributed by atoms with Crippen molar-refractivity contribution in [2.45, 2.75) is 6.92 Å². The Morgan fingerprint density at radius 3 is 2.54 bits per heavy atom. The van der Waals surface area contributed by atoms with E-state index in [2.05, 4.69) is 10.5 Å². The molecule has 0 saturated heterocycles. The lowest BCUT2D eigenvalue weighted by atomic mass is 10.2. The standard InChI is InChI=1S/C19H19IN2O6/c1-3-27-14-6-4-13(5-7-14)19(25)22-21-10-12-8-15(20)18(16(9-12)26-2)28-11-17(23)24/h4-10H,3,11H2,1-2H3,(H,22,25)(H,23,24)/b21-10+. The highest BCUT2D eigenvalue weighted by Gasteiger charge is 2.13. The van der Waals surface area contributed by atoms with E-state index < -0.39 is 12.6 Å². The molecule has 0 atom stereocenters. The predicted molar refractivity (Wildman–Crippen MR) is 112 cm³/mol. The number of carbonyl (C=O) groups excluding carboxylic acids is 1. The van der Waals surface area contributed by atoms with Gasteiger partial charge in [-0.1, -0.05) is 0 Å². The molecule has 2 rings (SSSR count). The average molecular weight is 498 g/mol. The number of hydrogen-bond acceptors (Lipinski definition) is 6. The maximum absolute atomic E-state index is 12.1. The third-order valence-corrected chi connectivity index (χ3v) is 4.20. The van der Waals surface area contributed by atoms with E-state index in [1.54, 1.807) is 36.4 Å². The van der Waals surface area contributed by atoms with Crippen LogP contribution in [-0.2, 0) is 4.79 Å². The van der Waals surface area contributed by atoms with Crippen molar-refractivity contribution in [3.63, 3.8) is 0 Å². The van der Waals surface area contributed by atoms with Crippen LogP contribution >= 0.6 is 22.6 Å². The number of rotatable bonds is 9. The molecule has 0 radical (unpaired) electrons. The van der Waals surface area contributed by atoms with Gasteiger partial charge in [-0.15, -0.1) is 0 Å². The zero-order valence-corrected chi connectivity index (χ0v) is 17.4. The minimum Gasteiger partial charge on any atom is -0.494 e. The lowest BCUT2D eigenvalue weighted by Gasteiger charge is -2.12. The summed E-state index contributed by atoms with van der Waals surface area (Å²) < 4.78 is 16.5. The van der Waals surface area contributed by atoms with Crippen molar-refractivity contribution in [3.8, 4) is 17.2 Å². The first-order valence-corrected chi connectivity index (χ1v) is 9.30. The van der Waals surface area contributed by atoms with Crippen molar-refractivity contribution in [1.82, 2.24) is 5.43 Å². The summed E-state index contributed by atoms with van der Waals surface area (Å²) in [6.07, 6.45) is 1.46. The third kappa shape index (κ3) is 6.12. The van der Waals surface area contributed by atoms with Gasteiger partial charge in [0.05, 0.1) is 23.5 Å². The van der Waals surface area contributed by atoms with Crippen molar-refractivity contribution in [2.75, 3.05) is 20.3 Å². The van der Waals surface area contributed by atoms with Crippen LogP contribution in [0.4, 0.5) is 0 Å². The Bertz CT molecular complexity index is 867. The molecule has 2 aromatic carbocycles. The van der Waals surface area contributed by atoms with Crippen LogP contribution in [0.1, 0.15) is 22.8 Å². The molecular weight excluding hydrogens is 479 g/mol. The highest BCUT2D eigenvalue weighted by atomic mass is 127.